The number of hydrogen-bond donors (Lipinski definition) is 1. The van der Waals surface area contributed by atoms with Crippen LogP contribution in [0.3, 0.4) is 0 Å². The first-order chi connectivity index (χ1) is 10.5. The van der Waals surface area contributed by atoms with Gasteiger partial charge in [-0.05, 0) is 42.7 Å². The highest BCUT2D eigenvalue weighted by atomic mass is 16.5. The van der Waals surface area contributed by atoms with Crippen LogP contribution in [0.25, 0.3) is 0 Å². The van der Waals surface area contributed by atoms with Crippen LogP contribution in [0.2, 0.25) is 0 Å². The molecule has 0 aliphatic heterocycles. The monoisotopic (exact) mass is 298 g/mol. The van der Waals surface area contributed by atoms with E-state index in [2.05, 4.69) is 5.32 Å². The van der Waals surface area contributed by atoms with Crippen molar-refractivity contribution in [1.82, 2.24) is 0 Å². The zero-order valence-electron chi connectivity index (χ0n) is 12.4. The van der Waals surface area contributed by atoms with Crippen LogP contribution in [-0.4, -0.2) is 18.5 Å². The molecule has 0 radical (unpaired) electrons. The minimum atomic E-state index is -1.25. The molecular formula is C17H16NO4-. The summed E-state index contributed by atoms with van der Waals surface area (Å²) < 4.78 is 5.55. The molecule has 0 spiro atoms. The molecule has 0 fully saturated rings. The highest BCUT2D eigenvalue weighted by Gasteiger charge is 2.07. The fourth-order valence-electron chi connectivity index (χ4n) is 2.05. The molecule has 0 heterocycles. The van der Waals surface area contributed by atoms with Crippen LogP contribution in [0, 0.1) is 13.8 Å². The summed E-state index contributed by atoms with van der Waals surface area (Å²) in [5, 5.41) is 13.3. The van der Waals surface area contributed by atoms with Crippen LogP contribution in [0.4, 0.5) is 5.69 Å². The average molecular weight is 298 g/mol. The number of aromatic carboxylic acids is 1. The zero-order valence-corrected chi connectivity index (χ0v) is 12.4. The molecule has 5 nitrogen and oxygen atoms in total. The lowest BCUT2D eigenvalue weighted by molar-refractivity contribution is -0.255. The van der Waals surface area contributed by atoms with E-state index in [-0.39, 0.29) is 18.1 Å². The lowest BCUT2D eigenvalue weighted by atomic mass is 10.1. The molecule has 0 aliphatic rings. The van der Waals surface area contributed by atoms with E-state index in [4.69, 9.17) is 4.74 Å². The van der Waals surface area contributed by atoms with Crippen molar-refractivity contribution in [1.29, 1.82) is 0 Å². The molecule has 0 aromatic heterocycles. The Morgan fingerprint density at radius 3 is 2.18 bits per heavy atom. The SMILES string of the molecule is Cc1cccc(C)c1OCC(=O)Nc1ccc(C(=O)[O-])cc1. The second kappa shape index (κ2) is 6.76. The molecule has 0 saturated heterocycles. The minimum Gasteiger partial charge on any atom is -0.545 e. The molecule has 114 valence electrons. The van der Waals surface area contributed by atoms with Crippen molar-refractivity contribution in [2.45, 2.75) is 13.8 Å². The van der Waals surface area contributed by atoms with Crippen molar-refractivity contribution in [2.24, 2.45) is 0 Å². The van der Waals surface area contributed by atoms with Gasteiger partial charge in [-0.1, -0.05) is 30.3 Å². The summed E-state index contributed by atoms with van der Waals surface area (Å²) in [6.07, 6.45) is 0. The first-order valence-electron chi connectivity index (χ1n) is 6.77. The number of ether oxygens (including phenoxy) is 1. The van der Waals surface area contributed by atoms with Gasteiger partial charge in [0.05, 0.1) is 5.97 Å². The van der Waals surface area contributed by atoms with E-state index < -0.39 is 5.97 Å². The largest absolute Gasteiger partial charge is 0.545 e. The average Bonchev–Trinajstić information content (AvgIpc) is 2.47. The highest BCUT2D eigenvalue weighted by Crippen LogP contribution is 2.22. The number of aryl methyl sites for hydroxylation is 2. The number of anilines is 1. The van der Waals surface area contributed by atoms with Gasteiger partial charge >= 0.3 is 0 Å². The van der Waals surface area contributed by atoms with Gasteiger partial charge in [0.15, 0.2) is 6.61 Å². The van der Waals surface area contributed by atoms with E-state index in [9.17, 15) is 14.7 Å². The zero-order chi connectivity index (χ0) is 16.1. The van der Waals surface area contributed by atoms with Gasteiger partial charge in [0, 0.05) is 5.69 Å². The Morgan fingerprint density at radius 1 is 1.05 bits per heavy atom. The maximum atomic E-state index is 11.9. The van der Waals surface area contributed by atoms with Crippen molar-refractivity contribution in [3.63, 3.8) is 0 Å². The Morgan fingerprint density at radius 2 is 1.64 bits per heavy atom. The summed E-state index contributed by atoms with van der Waals surface area (Å²) >= 11 is 0. The third kappa shape index (κ3) is 3.85. The van der Waals surface area contributed by atoms with Crippen LogP contribution < -0.4 is 15.2 Å². The summed E-state index contributed by atoms with van der Waals surface area (Å²) in [6, 6.07) is 11.5. The maximum absolute atomic E-state index is 11.9. The van der Waals surface area contributed by atoms with Crippen LogP contribution in [0.15, 0.2) is 42.5 Å². The smallest absolute Gasteiger partial charge is 0.262 e. The van der Waals surface area contributed by atoms with Gasteiger partial charge in [-0.15, -0.1) is 0 Å². The third-order valence-corrected chi connectivity index (χ3v) is 3.16. The number of rotatable bonds is 5. The lowest BCUT2D eigenvalue weighted by Crippen LogP contribution is -2.22. The molecule has 5 heteroatoms. The molecule has 22 heavy (non-hydrogen) atoms. The highest BCUT2D eigenvalue weighted by molar-refractivity contribution is 5.93. The predicted octanol–water partition coefficient (Wildman–Crippen LogP) is 1.68. The van der Waals surface area contributed by atoms with Gasteiger partial charge in [0.2, 0.25) is 0 Å². The van der Waals surface area contributed by atoms with Crippen molar-refractivity contribution in [3.05, 3.63) is 59.2 Å². The molecule has 0 bridgehead atoms. The van der Waals surface area contributed by atoms with Gasteiger partial charge in [-0.3, -0.25) is 4.79 Å². The Kier molecular flexibility index (Phi) is 4.78. The quantitative estimate of drug-likeness (QED) is 0.911. The van der Waals surface area contributed by atoms with Gasteiger partial charge in [0.1, 0.15) is 5.75 Å². The topological polar surface area (TPSA) is 78.5 Å². The molecule has 0 saturated carbocycles. The van der Waals surface area contributed by atoms with E-state index in [1.807, 2.05) is 32.0 Å². The summed E-state index contributed by atoms with van der Waals surface area (Å²) in [5.41, 5.74) is 2.49. The molecule has 0 aliphatic carbocycles. The second-order valence-corrected chi connectivity index (χ2v) is 4.92. The standard InChI is InChI=1S/C17H17NO4/c1-11-4-3-5-12(2)16(11)22-10-15(19)18-14-8-6-13(7-9-14)17(20)21/h3-9H,10H2,1-2H3,(H,18,19)(H,20,21)/p-1. The number of benzene rings is 2. The minimum absolute atomic E-state index is 0.0600. The fraction of sp³-hybridized carbons (Fsp3) is 0.176. The van der Waals surface area contributed by atoms with E-state index in [0.29, 0.717) is 11.4 Å². The van der Waals surface area contributed by atoms with Gasteiger partial charge in [-0.2, -0.15) is 0 Å². The van der Waals surface area contributed by atoms with Gasteiger partial charge in [-0.25, -0.2) is 0 Å². The molecule has 0 unspecified atom stereocenters. The van der Waals surface area contributed by atoms with Crippen molar-refractivity contribution >= 4 is 17.6 Å². The molecule has 2 aromatic rings. The Bertz CT molecular complexity index is 672. The summed E-state index contributed by atoms with van der Waals surface area (Å²) in [7, 11) is 0. The maximum Gasteiger partial charge on any atom is 0.262 e. The van der Waals surface area contributed by atoms with Crippen LogP contribution in [0.1, 0.15) is 21.5 Å². The Balaban J connectivity index is 1.94. The molecule has 2 aromatic carbocycles. The fourth-order valence-corrected chi connectivity index (χ4v) is 2.05. The number of carboxylic acid groups (broad SMARTS) is 1. The number of amides is 1. The first-order valence-corrected chi connectivity index (χ1v) is 6.77. The van der Waals surface area contributed by atoms with Crippen LogP contribution in [0.5, 0.6) is 5.75 Å². The lowest BCUT2D eigenvalue weighted by Gasteiger charge is -2.12. The van der Waals surface area contributed by atoms with E-state index in [0.717, 1.165) is 11.1 Å². The number of carbonyl (C=O) groups excluding carboxylic acids is 2. The number of para-hydroxylation sites is 1. The molecule has 0 atom stereocenters. The number of nitrogens with one attached hydrogen (secondary N) is 1. The normalized spacial score (nSPS) is 10.1. The Hall–Kier alpha value is -2.82. The molecule has 1 amide bonds. The molecular weight excluding hydrogens is 282 g/mol. The first kappa shape index (κ1) is 15.6. The van der Waals surface area contributed by atoms with Gasteiger partial charge < -0.3 is 20.0 Å². The van der Waals surface area contributed by atoms with Crippen molar-refractivity contribution < 1.29 is 19.4 Å². The van der Waals surface area contributed by atoms with Crippen molar-refractivity contribution in [3.8, 4) is 5.75 Å². The molecule has 1 N–H and O–H groups in total. The van der Waals surface area contributed by atoms with Crippen LogP contribution in [-0.2, 0) is 4.79 Å². The van der Waals surface area contributed by atoms with E-state index >= 15 is 0 Å². The van der Waals surface area contributed by atoms with Crippen LogP contribution >= 0.6 is 0 Å². The second-order valence-electron chi connectivity index (χ2n) is 4.92. The third-order valence-electron chi connectivity index (χ3n) is 3.16. The Labute approximate surface area is 128 Å². The summed E-state index contributed by atoms with van der Waals surface area (Å²) in [5.74, 6) is -0.870. The number of hydrogen-bond acceptors (Lipinski definition) is 4. The predicted molar refractivity (Wildman–Crippen MR) is 80.8 cm³/mol. The summed E-state index contributed by atoms with van der Waals surface area (Å²) in [4.78, 5) is 22.5. The van der Waals surface area contributed by atoms with Crippen molar-refractivity contribution in [2.75, 3.05) is 11.9 Å². The summed E-state index contributed by atoms with van der Waals surface area (Å²) in [6.45, 7) is 3.71. The number of carbonyl (C=O) groups is 2. The van der Waals surface area contributed by atoms with Gasteiger partial charge in [0.25, 0.3) is 5.91 Å². The molecule has 2 rings (SSSR count). The van der Waals surface area contributed by atoms with E-state index in [1.54, 1.807) is 0 Å². The number of carboxylic acids is 1. The van der Waals surface area contributed by atoms with E-state index in [1.165, 1.54) is 24.3 Å².